The minimum absolute atomic E-state index is 0.0263. The Morgan fingerprint density at radius 2 is 2.27 bits per heavy atom. The lowest BCUT2D eigenvalue weighted by Crippen LogP contribution is -2.05. The topological polar surface area (TPSA) is 53.8 Å². The van der Waals surface area contributed by atoms with Crippen LogP contribution < -0.4 is 0 Å². The van der Waals surface area contributed by atoms with E-state index < -0.39 is 17.2 Å². The third kappa shape index (κ3) is 2.60. The standard InChI is InChI=1S/C8H2ClF2IN2O/c9-7(15)6-5(12)4(8(10)11)1-3(2-13)14-6/h1,8H. The number of pyridine rings is 1. The summed E-state index contributed by atoms with van der Waals surface area (Å²) in [7, 11) is 0. The van der Waals surface area contributed by atoms with Crippen molar-refractivity contribution in [3.05, 3.63) is 26.6 Å². The number of rotatable bonds is 2. The average Bonchev–Trinajstić information content (AvgIpc) is 2.17. The second-order valence-corrected chi connectivity index (χ2v) is 3.87. The fourth-order valence-electron chi connectivity index (χ4n) is 0.895. The second kappa shape index (κ2) is 4.81. The van der Waals surface area contributed by atoms with Crippen LogP contribution in [0.3, 0.4) is 0 Å². The SMILES string of the molecule is N#Cc1cc(C(F)F)c(I)c(C(=O)Cl)n1. The van der Waals surface area contributed by atoms with E-state index in [1.165, 1.54) is 0 Å². The number of nitriles is 1. The third-order valence-corrected chi connectivity index (χ3v) is 2.83. The van der Waals surface area contributed by atoms with Gasteiger partial charge in [0.15, 0.2) is 0 Å². The first-order valence-corrected chi connectivity index (χ1v) is 5.01. The summed E-state index contributed by atoms with van der Waals surface area (Å²) in [6, 6.07) is 2.53. The molecule has 0 aromatic carbocycles. The maximum atomic E-state index is 12.5. The summed E-state index contributed by atoms with van der Waals surface area (Å²) >= 11 is 6.70. The Bertz CT molecular complexity index is 459. The Morgan fingerprint density at radius 1 is 1.67 bits per heavy atom. The van der Waals surface area contributed by atoms with Gasteiger partial charge in [0.2, 0.25) is 0 Å². The largest absolute Gasteiger partial charge is 0.274 e. The molecule has 0 radical (unpaired) electrons. The van der Waals surface area contributed by atoms with Gasteiger partial charge in [-0.3, -0.25) is 4.79 Å². The van der Waals surface area contributed by atoms with Crippen LogP contribution in [0.15, 0.2) is 6.07 Å². The van der Waals surface area contributed by atoms with Gasteiger partial charge >= 0.3 is 0 Å². The lowest BCUT2D eigenvalue weighted by atomic mass is 10.2. The van der Waals surface area contributed by atoms with Gasteiger partial charge in [-0.05, 0) is 40.3 Å². The first-order valence-electron chi connectivity index (χ1n) is 3.56. The molecule has 0 atom stereocenters. The number of carbonyl (C=O) groups is 1. The second-order valence-electron chi connectivity index (χ2n) is 2.45. The van der Waals surface area contributed by atoms with Gasteiger partial charge in [0.05, 0.1) is 3.57 Å². The number of alkyl halides is 2. The highest BCUT2D eigenvalue weighted by Crippen LogP contribution is 2.27. The fourth-order valence-corrected chi connectivity index (χ4v) is 1.95. The molecule has 78 valence electrons. The summed E-state index contributed by atoms with van der Waals surface area (Å²) in [6.45, 7) is 0. The van der Waals surface area contributed by atoms with E-state index in [9.17, 15) is 13.6 Å². The van der Waals surface area contributed by atoms with Crippen molar-refractivity contribution in [1.29, 1.82) is 5.26 Å². The van der Waals surface area contributed by atoms with Gasteiger partial charge in [0.25, 0.3) is 11.7 Å². The lowest BCUT2D eigenvalue weighted by Gasteiger charge is -2.06. The van der Waals surface area contributed by atoms with Crippen molar-refractivity contribution in [3.63, 3.8) is 0 Å². The van der Waals surface area contributed by atoms with E-state index in [1.807, 2.05) is 0 Å². The van der Waals surface area contributed by atoms with Crippen LogP contribution in [0.5, 0.6) is 0 Å². The van der Waals surface area contributed by atoms with Gasteiger partial charge < -0.3 is 0 Å². The summed E-state index contributed by atoms with van der Waals surface area (Å²) in [5.74, 6) is 0. The van der Waals surface area contributed by atoms with E-state index in [0.29, 0.717) is 0 Å². The molecule has 1 aromatic rings. The summed E-state index contributed by atoms with van der Waals surface area (Å²) < 4.78 is 25.0. The number of aromatic nitrogens is 1. The molecule has 0 saturated carbocycles. The average molecular weight is 342 g/mol. The van der Waals surface area contributed by atoms with Crippen LogP contribution in [-0.2, 0) is 0 Å². The van der Waals surface area contributed by atoms with E-state index in [2.05, 4.69) is 4.98 Å². The molecule has 15 heavy (non-hydrogen) atoms. The Morgan fingerprint density at radius 3 is 2.67 bits per heavy atom. The van der Waals surface area contributed by atoms with Crippen LogP contribution in [0.25, 0.3) is 0 Å². The first-order chi connectivity index (χ1) is 6.97. The van der Waals surface area contributed by atoms with Crippen molar-refractivity contribution >= 4 is 39.4 Å². The highest BCUT2D eigenvalue weighted by atomic mass is 127. The number of hydrogen-bond donors (Lipinski definition) is 0. The quantitative estimate of drug-likeness (QED) is 0.613. The normalized spacial score (nSPS) is 10.1. The first kappa shape index (κ1) is 12.3. The van der Waals surface area contributed by atoms with Crippen molar-refractivity contribution in [3.8, 4) is 6.07 Å². The van der Waals surface area contributed by atoms with Crippen LogP contribution in [0.1, 0.15) is 28.2 Å². The van der Waals surface area contributed by atoms with Crippen molar-refractivity contribution in [2.24, 2.45) is 0 Å². The predicted octanol–water partition coefficient (Wildman–Crippen LogP) is 2.87. The van der Waals surface area contributed by atoms with Crippen LogP contribution in [0, 0.1) is 14.9 Å². The minimum atomic E-state index is -2.78. The molecule has 0 amide bonds. The zero-order valence-electron chi connectivity index (χ0n) is 6.97. The van der Waals surface area contributed by atoms with Gasteiger partial charge in [-0.1, -0.05) is 0 Å². The van der Waals surface area contributed by atoms with E-state index in [1.54, 1.807) is 28.7 Å². The molecule has 0 spiro atoms. The number of halogens is 4. The summed E-state index contributed by atoms with van der Waals surface area (Å²) in [6.07, 6.45) is -2.78. The van der Waals surface area contributed by atoms with E-state index in [-0.39, 0.29) is 15.0 Å². The number of hydrogen-bond acceptors (Lipinski definition) is 3. The van der Waals surface area contributed by atoms with E-state index in [4.69, 9.17) is 16.9 Å². The molecule has 0 aliphatic heterocycles. The Balaban J connectivity index is 3.49. The van der Waals surface area contributed by atoms with Crippen LogP contribution in [-0.4, -0.2) is 10.2 Å². The molecule has 0 fully saturated rings. The van der Waals surface area contributed by atoms with Crippen molar-refractivity contribution in [1.82, 2.24) is 4.98 Å². The molecule has 3 nitrogen and oxygen atoms in total. The molecule has 1 rings (SSSR count). The Hall–Kier alpha value is -0.810. The highest BCUT2D eigenvalue weighted by molar-refractivity contribution is 14.1. The molecule has 1 heterocycles. The van der Waals surface area contributed by atoms with Gasteiger partial charge in [-0.15, -0.1) is 0 Å². The fraction of sp³-hybridized carbons (Fsp3) is 0.125. The molecular formula is C8H2ClF2IN2O. The predicted molar refractivity (Wildman–Crippen MR) is 56.8 cm³/mol. The number of nitrogens with zero attached hydrogens (tertiary/aromatic N) is 2. The smallest absolute Gasteiger partial charge is 0.271 e. The molecule has 0 saturated heterocycles. The van der Waals surface area contributed by atoms with Gasteiger partial charge in [-0.2, -0.15) is 5.26 Å². The molecule has 0 aliphatic rings. The molecule has 1 aromatic heterocycles. The van der Waals surface area contributed by atoms with Gasteiger partial charge in [-0.25, -0.2) is 13.8 Å². The van der Waals surface area contributed by atoms with Crippen molar-refractivity contribution < 1.29 is 13.6 Å². The summed E-state index contributed by atoms with van der Waals surface area (Å²) in [5.41, 5.74) is -0.979. The molecule has 0 unspecified atom stereocenters. The maximum absolute atomic E-state index is 12.5. The number of carbonyl (C=O) groups excluding carboxylic acids is 1. The minimum Gasteiger partial charge on any atom is -0.274 e. The van der Waals surface area contributed by atoms with Crippen LogP contribution in [0.2, 0.25) is 0 Å². The highest BCUT2D eigenvalue weighted by Gasteiger charge is 2.20. The van der Waals surface area contributed by atoms with Crippen LogP contribution in [0.4, 0.5) is 8.78 Å². The molecule has 0 aliphatic carbocycles. The zero-order valence-corrected chi connectivity index (χ0v) is 9.88. The van der Waals surface area contributed by atoms with Crippen LogP contribution >= 0.6 is 34.2 Å². The molecule has 0 N–H and O–H groups in total. The Kier molecular flexibility index (Phi) is 3.93. The maximum Gasteiger partial charge on any atom is 0.271 e. The summed E-state index contributed by atoms with van der Waals surface area (Å²) in [5, 5.41) is 7.57. The van der Waals surface area contributed by atoms with Crippen molar-refractivity contribution in [2.75, 3.05) is 0 Å². The molecular weight excluding hydrogens is 340 g/mol. The zero-order chi connectivity index (χ0) is 11.6. The Labute approximate surface area is 102 Å². The van der Waals surface area contributed by atoms with E-state index in [0.717, 1.165) is 6.07 Å². The monoisotopic (exact) mass is 342 g/mol. The summed E-state index contributed by atoms with van der Waals surface area (Å²) in [4.78, 5) is 14.4. The molecule has 0 bridgehead atoms. The van der Waals surface area contributed by atoms with Gasteiger partial charge in [0, 0.05) is 5.56 Å². The molecule has 7 heteroatoms. The third-order valence-electron chi connectivity index (χ3n) is 1.52. The lowest BCUT2D eigenvalue weighted by molar-refractivity contribution is 0.107. The van der Waals surface area contributed by atoms with Crippen molar-refractivity contribution in [2.45, 2.75) is 6.43 Å². The van der Waals surface area contributed by atoms with Gasteiger partial charge in [0.1, 0.15) is 17.5 Å². The van der Waals surface area contributed by atoms with E-state index >= 15 is 0 Å².